The van der Waals surface area contributed by atoms with Crippen molar-refractivity contribution in [1.82, 2.24) is 9.80 Å². The number of imide groups is 2. The molecule has 27 heavy (non-hydrogen) atoms. The smallest absolute Gasteiger partial charge is 0.321 e. The fourth-order valence-corrected chi connectivity index (χ4v) is 5.51. The number of hydrogen-bond acceptors (Lipinski definition) is 4. The first kappa shape index (κ1) is 18.9. The van der Waals surface area contributed by atoms with E-state index < -0.39 is 17.8 Å². The first-order chi connectivity index (χ1) is 13.0. The minimum atomic E-state index is -0.651. The SMILES string of the molecule is O=C1C(=O)N(C2CCCC2)C(=O)N1C[NH+]1CC[NH+](Cc2ccc(Cl)s2)CC1. The van der Waals surface area contributed by atoms with Crippen LogP contribution in [0.3, 0.4) is 0 Å². The van der Waals surface area contributed by atoms with Gasteiger partial charge in [-0.2, -0.15) is 0 Å². The Balaban J connectivity index is 1.31. The zero-order valence-corrected chi connectivity index (χ0v) is 16.8. The zero-order chi connectivity index (χ0) is 19.0. The summed E-state index contributed by atoms with van der Waals surface area (Å²) in [5.74, 6) is -1.28. The Morgan fingerprint density at radius 3 is 2.30 bits per heavy atom. The summed E-state index contributed by atoms with van der Waals surface area (Å²) in [6, 6.07) is 3.50. The van der Waals surface area contributed by atoms with Crippen LogP contribution in [-0.4, -0.2) is 66.5 Å². The molecule has 1 saturated carbocycles. The van der Waals surface area contributed by atoms with E-state index in [2.05, 4.69) is 6.07 Å². The van der Waals surface area contributed by atoms with E-state index in [0.717, 1.165) is 62.7 Å². The number of quaternary nitrogens is 2. The summed E-state index contributed by atoms with van der Waals surface area (Å²) in [4.78, 5) is 43.7. The normalized spacial score (nSPS) is 27.2. The van der Waals surface area contributed by atoms with Gasteiger partial charge in [-0.1, -0.05) is 24.4 Å². The van der Waals surface area contributed by atoms with Crippen molar-refractivity contribution >= 4 is 40.8 Å². The number of hydrogen-bond donors (Lipinski definition) is 2. The number of nitrogens with zero attached hydrogens (tertiary/aromatic N) is 2. The fraction of sp³-hybridized carbons (Fsp3) is 0.611. The molecule has 2 N–H and O–H groups in total. The van der Waals surface area contributed by atoms with Gasteiger partial charge in [0.25, 0.3) is 0 Å². The summed E-state index contributed by atoms with van der Waals surface area (Å²) in [5, 5.41) is 0. The van der Waals surface area contributed by atoms with Crippen molar-refractivity contribution in [2.45, 2.75) is 38.3 Å². The number of rotatable bonds is 5. The van der Waals surface area contributed by atoms with Gasteiger partial charge in [0.1, 0.15) is 32.7 Å². The molecule has 0 spiro atoms. The van der Waals surface area contributed by atoms with Crippen LogP contribution in [-0.2, 0) is 16.1 Å². The lowest BCUT2D eigenvalue weighted by Gasteiger charge is -2.31. The van der Waals surface area contributed by atoms with Crippen molar-refractivity contribution in [3.63, 3.8) is 0 Å². The van der Waals surface area contributed by atoms with Gasteiger partial charge in [0.15, 0.2) is 6.67 Å². The molecule has 4 amide bonds. The lowest BCUT2D eigenvalue weighted by molar-refractivity contribution is -1.02. The lowest BCUT2D eigenvalue weighted by atomic mass is 10.2. The first-order valence-electron chi connectivity index (χ1n) is 9.63. The number of nitrogens with one attached hydrogen (secondary N) is 2. The highest BCUT2D eigenvalue weighted by Crippen LogP contribution is 2.27. The Morgan fingerprint density at radius 2 is 1.67 bits per heavy atom. The Bertz CT molecular complexity index is 741. The third-order valence-electron chi connectivity index (χ3n) is 5.87. The monoisotopic (exact) mass is 412 g/mol. The van der Waals surface area contributed by atoms with E-state index in [1.807, 2.05) is 6.07 Å². The maximum atomic E-state index is 12.7. The van der Waals surface area contributed by atoms with Crippen LogP contribution in [0.4, 0.5) is 4.79 Å². The molecule has 0 bridgehead atoms. The highest BCUT2D eigenvalue weighted by molar-refractivity contribution is 7.16. The Hall–Kier alpha value is -1.48. The van der Waals surface area contributed by atoms with Crippen LogP contribution in [0, 0.1) is 0 Å². The molecule has 0 radical (unpaired) electrons. The van der Waals surface area contributed by atoms with E-state index in [9.17, 15) is 14.4 Å². The van der Waals surface area contributed by atoms with Crippen molar-refractivity contribution in [3.8, 4) is 0 Å². The largest absolute Gasteiger partial charge is 0.338 e. The molecular formula is C18H25ClN4O3S+2. The van der Waals surface area contributed by atoms with E-state index in [4.69, 9.17) is 11.6 Å². The van der Waals surface area contributed by atoms with Crippen molar-refractivity contribution in [3.05, 3.63) is 21.3 Å². The molecule has 2 aliphatic heterocycles. The molecule has 4 rings (SSSR count). The number of carbonyl (C=O) groups is 3. The van der Waals surface area contributed by atoms with Gasteiger partial charge >= 0.3 is 17.8 Å². The molecule has 0 atom stereocenters. The van der Waals surface area contributed by atoms with Crippen molar-refractivity contribution < 1.29 is 24.2 Å². The van der Waals surface area contributed by atoms with Gasteiger partial charge in [-0.15, -0.1) is 11.3 Å². The van der Waals surface area contributed by atoms with Crippen molar-refractivity contribution in [1.29, 1.82) is 0 Å². The quantitative estimate of drug-likeness (QED) is 0.500. The van der Waals surface area contributed by atoms with Gasteiger partial charge in [-0.05, 0) is 25.0 Å². The van der Waals surface area contributed by atoms with E-state index >= 15 is 0 Å². The molecule has 0 unspecified atom stereocenters. The minimum absolute atomic E-state index is 0.0899. The van der Waals surface area contributed by atoms with E-state index in [1.165, 1.54) is 24.5 Å². The van der Waals surface area contributed by atoms with Crippen LogP contribution in [0.2, 0.25) is 4.34 Å². The second kappa shape index (κ2) is 7.87. The predicted molar refractivity (Wildman–Crippen MR) is 101 cm³/mol. The number of thiophene rings is 1. The fourth-order valence-electron chi connectivity index (χ4n) is 4.35. The number of carbonyl (C=O) groups excluding carboxylic acids is 3. The Morgan fingerprint density at radius 1 is 1.00 bits per heavy atom. The summed E-state index contributed by atoms with van der Waals surface area (Å²) in [5.41, 5.74) is 0. The lowest BCUT2D eigenvalue weighted by Crippen LogP contribution is -3.28. The molecule has 3 aliphatic rings. The molecule has 0 aromatic carbocycles. The number of amides is 4. The second-order valence-corrected chi connectivity index (χ2v) is 9.47. The third-order valence-corrected chi connectivity index (χ3v) is 7.10. The topological polar surface area (TPSA) is 66.6 Å². The number of piperazine rings is 1. The summed E-state index contributed by atoms with van der Waals surface area (Å²) in [7, 11) is 0. The van der Waals surface area contributed by atoms with Crippen molar-refractivity contribution in [2.75, 3.05) is 32.8 Å². The average Bonchev–Trinajstić information content (AvgIpc) is 3.36. The highest BCUT2D eigenvalue weighted by Gasteiger charge is 2.49. The standard InChI is InChI=1S/C18H23ClN4O3S/c19-15-6-5-14(27-15)11-20-7-9-21(10-8-20)12-22-16(24)17(25)23(18(22)26)13-3-1-2-4-13/h5-6,13H,1-4,7-12H2/p+2. The van der Waals surface area contributed by atoms with Gasteiger partial charge in [0, 0.05) is 6.04 Å². The highest BCUT2D eigenvalue weighted by atomic mass is 35.5. The molecular weight excluding hydrogens is 388 g/mol. The average molecular weight is 413 g/mol. The van der Waals surface area contributed by atoms with Gasteiger partial charge in [-0.25, -0.2) is 9.69 Å². The van der Waals surface area contributed by atoms with Crippen LogP contribution in [0.25, 0.3) is 0 Å². The van der Waals surface area contributed by atoms with E-state index in [0.29, 0.717) is 6.67 Å². The van der Waals surface area contributed by atoms with Crippen LogP contribution in [0.1, 0.15) is 30.6 Å². The molecule has 9 heteroatoms. The summed E-state index contributed by atoms with van der Waals surface area (Å²) in [6.07, 6.45) is 3.67. The molecule has 1 aromatic rings. The molecule has 1 aliphatic carbocycles. The van der Waals surface area contributed by atoms with Crippen LogP contribution in [0.5, 0.6) is 0 Å². The zero-order valence-electron chi connectivity index (χ0n) is 15.2. The van der Waals surface area contributed by atoms with Gasteiger partial charge < -0.3 is 9.80 Å². The number of halogens is 1. The molecule has 3 heterocycles. The summed E-state index contributed by atoms with van der Waals surface area (Å²) >= 11 is 7.62. The first-order valence-corrected chi connectivity index (χ1v) is 10.8. The Kier molecular flexibility index (Phi) is 5.50. The third kappa shape index (κ3) is 3.89. The molecule has 146 valence electrons. The van der Waals surface area contributed by atoms with Gasteiger partial charge in [0.05, 0.1) is 9.21 Å². The minimum Gasteiger partial charge on any atom is -0.321 e. The summed E-state index contributed by atoms with van der Waals surface area (Å²) < 4.78 is 0.816. The van der Waals surface area contributed by atoms with Crippen LogP contribution < -0.4 is 9.80 Å². The van der Waals surface area contributed by atoms with Crippen LogP contribution in [0.15, 0.2) is 12.1 Å². The van der Waals surface area contributed by atoms with E-state index in [-0.39, 0.29) is 6.04 Å². The predicted octanol–water partition coefficient (Wildman–Crippen LogP) is -0.624. The van der Waals surface area contributed by atoms with Gasteiger partial charge in [-0.3, -0.25) is 14.5 Å². The maximum absolute atomic E-state index is 12.7. The molecule has 2 saturated heterocycles. The van der Waals surface area contributed by atoms with E-state index in [1.54, 1.807) is 11.3 Å². The molecule has 7 nitrogen and oxygen atoms in total. The van der Waals surface area contributed by atoms with Crippen molar-refractivity contribution in [2.24, 2.45) is 0 Å². The molecule has 1 aromatic heterocycles. The van der Waals surface area contributed by atoms with Crippen LogP contribution >= 0.6 is 22.9 Å². The van der Waals surface area contributed by atoms with Gasteiger partial charge in [0.2, 0.25) is 0 Å². The Labute approximate surface area is 167 Å². The number of urea groups is 1. The summed E-state index contributed by atoms with van der Waals surface area (Å²) in [6.45, 7) is 4.96. The second-order valence-electron chi connectivity index (χ2n) is 7.67. The maximum Gasteiger partial charge on any atom is 0.338 e. The molecule has 3 fully saturated rings.